The third-order valence-corrected chi connectivity index (χ3v) is 4.87. The summed E-state index contributed by atoms with van der Waals surface area (Å²) in [5.41, 5.74) is 1.93. The van der Waals surface area contributed by atoms with E-state index in [-0.39, 0.29) is 17.9 Å². The number of aryl methyl sites for hydroxylation is 1. The molecule has 6 heteroatoms. The first kappa shape index (κ1) is 19.1. The lowest BCUT2D eigenvalue weighted by Gasteiger charge is -2.27. The topological polar surface area (TPSA) is 77.8 Å². The van der Waals surface area contributed by atoms with Crippen molar-refractivity contribution < 1.29 is 19.8 Å². The summed E-state index contributed by atoms with van der Waals surface area (Å²) in [5, 5.41) is 21.0. The maximum absolute atomic E-state index is 12.7. The molecule has 2 aromatic carbocycles. The van der Waals surface area contributed by atoms with E-state index in [0.29, 0.717) is 16.1 Å². The van der Waals surface area contributed by atoms with E-state index in [9.17, 15) is 19.8 Å². The number of carbonyl (C=O) groups excluding carboxylic acids is 2. The number of halogens is 1. The van der Waals surface area contributed by atoms with Crippen molar-refractivity contribution in [2.45, 2.75) is 26.0 Å². The molecule has 0 aliphatic carbocycles. The number of nitrogens with zero attached hydrogens (tertiary/aromatic N) is 1. The standard InChI is InChI=1S/C21H20ClNO4/c1-12-7-9-14(10-8-12)19(25)17-18(15-5-3-4-6-16(15)22)23(11-13(2)24)21(27)20(17)26/h3-10,13,18,24-25H,11H2,1-2H3/t13-,18-/m0/s1. The van der Waals surface area contributed by atoms with Gasteiger partial charge in [-0.25, -0.2) is 0 Å². The molecule has 27 heavy (non-hydrogen) atoms. The molecule has 0 unspecified atom stereocenters. The molecule has 0 saturated carbocycles. The maximum atomic E-state index is 12.7. The average Bonchev–Trinajstić information content (AvgIpc) is 2.86. The molecule has 2 aromatic rings. The Morgan fingerprint density at radius 3 is 2.37 bits per heavy atom. The normalized spacial score (nSPS) is 20.1. The molecule has 2 N–H and O–H groups in total. The smallest absolute Gasteiger partial charge is 0.295 e. The van der Waals surface area contributed by atoms with E-state index in [1.54, 1.807) is 36.4 Å². The summed E-state index contributed by atoms with van der Waals surface area (Å²) in [4.78, 5) is 26.6. The number of aliphatic hydroxyl groups is 2. The van der Waals surface area contributed by atoms with E-state index in [4.69, 9.17) is 11.6 Å². The molecule has 5 nitrogen and oxygen atoms in total. The van der Waals surface area contributed by atoms with Gasteiger partial charge in [0.25, 0.3) is 11.7 Å². The first-order chi connectivity index (χ1) is 12.8. The predicted octanol–water partition coefficient (Wildman–Crippen LogP) is 3.45. The molecule has 1 heterocycles. The monoisotopic (exact) mass is 385 g/mol. The Morgan fingerprint density at radius 1 is 1.15 bits per heavy atom. The van der Waals surface area contributed by atoms with Crippen LogP contribution >= 0.6 is 11.6 Å². The number of carbonyl (C=O) groups is 2. The SMILES string of the molecule is Cc1ccc(C(O)=C2C(=O)C(=O)N(C[C@H](C)O)[C@H]2c2ccccc2Cl)cc1. The third kappa shape index (κ3) is 3.61. The van der Waals surface area contributed by atoms with Gasteiger partial charge in [0.15, 0.2) is 0 Å². The zero-order valence-electron chi connectivity index (χ0n) is 15.0. The fourth-order valence-corrected chi connectivity index (χ4v) is 3.48. The van der Waals surface area contributed by atoms with Gasteiger partial charge in [-0.05, 0) is 25.5 Å². The van der Waals surface area contributed by atoms with Gasteiger partial charge in [0, 0.05) is 17.1 Å². The van der Waals surface area contributed by atoms with E-state index < -0.39 is 23.8 Å². The quantitative estimate of drug-likeness (QED) is 0.480. The van der Waals surface area contributed by atoms with Gasteiger partial charge in [-0.1, -0.05) is 59.6 Å². The maximum Gasteiger partial charge on any atom is 0.295 e. The molecule has 1 aliphatic heterocycles. The Kier molecular flexibility index (Phi) is 5.35. The van der Waals surface area contributed by atoms with Crippen molar-refractivity contribution in [3.05, 3.63) is 75.8 Å². The summed E-state index contributed by atoms with van der Waals surface area (Å²) < 4.78 is 0. The van der Waals surface area contributed by atoms with E-state index in [1.807, 2.05) is 19.1 Å². The highest BCUT2D eigenvalue weighted by Crippen LogP contribution is 2.41. The van der Waals surface area contributed by atoms with Crippen LogP contribution in [0.15, 0.2) is 54.1 Å². The second-order valence-corrected chi connectivity index (χ2v) is 7.10. The largest absolute Gasteiger partial charge is 0.507 e. The second kappa shape index (κ2) is 7.55. The van der Waals surface area contributed by atoms with Crippen molar-refractivity contribution in [1.29, 1.82) is 0 Å². The molecular formula is C21H20ClNO4. The molecule has 0 aromatic heterocycles. The van der Waals surface area contributed by atoms with Gasteiger partial charge in [-0.2, -0.15) is 0 Å². The zero-order valence-corrected chi connectivity index (χ0v) is 15.8. The third-order valence-electron chi connectivity index (χ3n) is 4.53. The number of benzene rings is 2. The minimum atomic E-state index is -0.866. The number of rotatable bonds is 4. The summed E-state index contributed by atoms with van der Waals surface area (Å²) in [6.07, 6.45) is -0.840. The summed E-state index contributed by atoms with van der Waals surface area (Å²) in [6.45, 7) is 3.39. The zero-order chi connectivity index (χ0) is 19.7. The Hall–Kier alpha value is -2.63. The Labute approximate surface area is 162 Å². The van der Waals surface area contributed by atoms with E-state index in [1.165, 1.54) is 11.8 Å². The van der Waals surface area contributed by atoms with Crippen LogP contribution in [0.1, 0.15) is 29.7 Å². The molecule has 1 amide bonds. The van der Waals surface area contributed by atoms with Gasteiger partial charge in [0.1, 0.15) is 5.76 Å². The number of hydrogen-bond acceptors (Lipinski definition) is 4. The van der Waals surface area contributed by atoms with Crippen LogP contribution in [-0.4, -0.2) is 39.5 Å². The number of ketones is 1. The minimum absolute atomic E-state index is 0.0300. The number of β-amino-alcohol motifs (C(OH)–C–C–N with tert-alkyl or cyclic N) is 1. The van der Waals surface area contributed by atoms with Crippen molar-refractivity contribution in [2.75, 3.05) is 6.54 Å². The molecule has 0 radical (unpaired) electrons. The summed E-state index contributed by atoms with van der Waals surface area (Å²) >= 11 is 6.32. The Morgan fingerprint density at radius 2 is 1.78 bits per heavy atom. The average molecular weight is 386 g/mol. The Bertz CT molecular complexity index is 918. The lowest BCUT2D eigenvalue weighted by atomic mass is 9.95. The van der Waals surface area contributed by atoms with Crippen LogP contribution in [0.25, 0.3) is 5.76 Å². The highest BCUT2D eigenvalue weighted by Gasteiger charge is 2.46. The van der Waals surface area contributed by atoms with E-state index >= 15 is 0 Å². The van der Waals surface area contributed by atoms with Crippen LogP contribution in [-0.2, 0) is 9.59 Å². The molecular weight excluding hydrogens is 366 g/mol. The van der Waals surface area contributed by atoms with Gasteiger partial charge < -0.3 is 15.1 Å². The first-order valence-electron chi connectivity index (χ1n) is 8.59. The van der Waals surface area contributed by atoms with Crippen LogP contribution < -0.4 is 0 Å². The van der Waals surface area contributed by atoms with E-state index in [2.05, 4.69) is 0 Å². The van der Waals surface area contributed by atoms with Crippen LogP contribution in [0.5, 0.6) is 0 Å². The highest BCUT2D eigenvalue weighted by molar-refractivity contribution is 6.47. The van der Waals surface area contributed by atoms with Gasteiger partial charge in [0.2, 0.25) is 0 Å². The van der Waals surface area contributed by atoms with Crippen molar-refractivity contribution in [2.24, 2.45) is 0 Å². The van der Waals surface area contributed by atoms with Crippen molar-refractivity contribution >= 4 is 29.1 Å². The lowest BCUT2D eigenvalue weighted by Crippen LogP contribution is -2.35. The molecule has 1 saturated heterocycles. The van der Waals surface area contributed by atoms with Crippen LogP contribution in [0.2, 0.25) is 5.02 Å². The molecule has 3 rings (SSSR count). The minimum Gasteiger partial charge on any atom is -0.507 e. The molecule has 1 fully saturated rings. The van der Waals surface area contributed by atoms with E-state index in [0.717, 1.165) is 5.56 Å². The molecule has 1 aliphatic rings. The van der Waals surface area contributed by atoms with Crippen LogP contribution in [0.4, 0.5) is 0 Å². The number of likely N-dealkylation sites (tertiary alicyclic amines) is 1. The van der Waals surface area contributed by atoms with Crippen molar-refractivity contribution in [3.63, 3.8) is 0 Å². The highest BCUT2D eigenvalue weighted by atomic mass is 35.5. The number of amides is 1. The summed E-state index contributed by atoms with van der Waals surface area (Å²) in [7, 11) is 0. The molecule has 0 spiro atoms. The first-order valence-corrected chi connectivity index (χ1v) is 8.97. The van der Waals surface area contributed by atoms with Crippen molar-refractivity contribution in [1.82, 2.24) is 4.90 Å². The van der Waals surface area contributed by atoms with Crippen LogP contribution in [0.3, 0.4) is 0 Å². The summed E-state index contributed by atoms with van der Waals surface area (Å²) in [6, 6.07) is 13.0. The molecule has 2 atom stereocenters. The Balaban J connectivity index is 2.21. The fourth-order valence-electron chi connectivity index (χ4n) is 3.24. The second-order valence-electron chi connectivity index (χ2n) is 6.69. The van der Waals surface area contributed by atoms with Gasteiger partial charge in [-0.15, -0.1) is 0 Å². The predicted molar refractivity (Wildman–Crippen MR) is 103 cm³/mol. The molecule has 140 valence electrons. The van der Waals surface area contributed by atoms with Crippen LogP contribution in [0, 0.1) is 6.92 Å². The number of Topliss-reactive ketones (excluding diaryl/α,β-unsaturated/α-hetero) is 1. The number of aliphatic hydroxyl groups excluding tert-OH is 2. The van der Waals surface area contributed by atoms with Gasteiger partial charge in [0.05, 0.1) is 17.7 Å². The molecule has 0 bridgehead atoms. The van der Waals surface area contributed by atoms with Gasteiger partial charge in [-0.3, -0.25) is 9.59 Å². The fraction of sp³-hybridized carbons (Fsp3) is 0.238. The van der Waals surface area contributed by atoms with Crippen molar-refractivity contribution in [3.8, 4) is 0 Å². The summed E-state index contributed by atoms with van der Waals surface area (Å²) in [5.74, 6) is -1.82. The number of hydrogen-bond donors (Lipinski definition) is 2. The lowest BCUT2D eigenvalue weighted by molar-refractivity contribution is -0.140. The van der Waals surface area contributed by atoms with Gasteiger partial charge >= 0.3 is 0 Å².